The molecule has 0 radical (unpaired) electrons. The molecule has 0 aliphatic rings. The molecule has 1 aromatic carbocycles. The molecule has 0 atom stereocenters. The minimum Gasteiger partial charge on any atom is -0.380 e. The van der Waals surface area contributed by atoms with E-state index >= 15 is 0 Å². The smallest absolute Gasteiger partial charge is 0.240 e. The first-order valence-electron chi connectivity index (χ1n) is 6.11. The van der Waals surface area contributed by atoms with Crippen LogP contribution < -0.4 is 10.0 Å². The number of aromatic nitrogens is 1. The second kappa shape index (κ2) is 5.90. The number of thiazole rings is 1. The van der Waals surface area contributed by atoms with Gasteiger partial charge in [0.2, 0.25) is 10.0 Å². The zero-order chi connectivity index (χ0) is 14.8. The largest absolute Gasteiger partial charge is 0.380 e. The van der Waals surface area contributed by atoms with Crippen LogP contribution in [0.4, 0.5) is 5.69 Å². The van der Waals surface area contributed by atoms with E-state index in [-0.39, 0.29) is 4.90 Å². The summed E-state index contributed by atoms with van der Waals surface area (Å²) in [6.07, 6.45) is 0. The fourth-order valence-electron chi connectivity index (χ4n) is 1.75. The second-order valence-corrected chi connectivity index (χ2v) is 7.22. The van der Waals surface area contributed by atoms with Crippen molar-refractivity contribution in [2.24, 2.45) is 0 Å². The number of anilines is 1. The maximum Gasteiger partial charge on any atom is 0.240 e. The lowest BCUT2D eigenvalue weighted by atomic mass is 10.2. The van der Waals surface area contributed by atoms with Crippen molar-refractivity contribution in [1.82, 2.24) is 9.71 Å². The molecule has 0 amide bonds. The van der Waals surface area contributed by atoms with Gasteiger partial charge in [-0.25, -0.2) is 18.1 Å². The highest BCUT2D eigenvalue weighted by atomic mass is 32.2. The summed E-state index contributed by atoms with van der Waals surface area (Å²) in [6, 6.07) is 5.05. The van der Waals surface area contributed by atoms with Crippen LogP contribution in [0.5, 0.6) is 0 Å². The molecule has 1 aromatic heterocycles. The van der Waals surface area contributed by atoms with E-state index in [0.29, 0.717) is 6.54 Å². The van der Waals surface area contributed by atoms with Gasteiger partial charge in [-0.1, -0.05) is 6.07 Å². The molecule has 108 valence electrons. The first-order valence-corrected chi connectivity index (χ1v) is 8.47. The summed E-state index contributed by atoms with van der Waals surface area (Å²) in [4.78, 5) is 5.60. The lowest BCUT2D eigenvalue weighted by Gasteiger charge is -2.11. The number of sulfonamides is 1. The topological polar surface area (TPSA) is 71.1 Å². The summed E-state index contributed by atoms with van der Waals surface area (Å²) in [6.45, 7) is 4.54. The van der Waals surface area contributed by atoms with E-state index in [4.69, 9.17) is 0 Å². The second-order valence-electron chi connectivity index (χ2n) is 4.40. The van der Waals surface area contributed by atoms with E-state index in [9.17, 15) is 8.42 Å². The Balaban J connectivity index is 2.24. The van der Waals surface area contributed by atoms with Crippen LogP contribution in [-0.2, 0) is 16.6 Å². The minimum absolute atomic E-state index is 0.258. The normalized spacial score (nSPS) is 11.6. The molecule has 0 saturated heterocycles. The van der Waals surface area contributed by atoms with E-state index in [1.807, 2.05) is 13.8 Å². The van der Waals surface area contributed by atoms with E-state index < -0.39 is 10.0 Å². The Hall–Kier alpha value is -1.44. The molecule has 0 fully saturated rings. The molecular weight excluding hydrogens is 294 g/mol. The number of nitrogens with one attached hydrogen (secondary N) is 2. The monoisotopic (exact) mass is 311 g/mol. The van der Waals surface area contributed by atoms with Gasteiger partial charge in [0.05, 0.1) is 22.6 Å². The zero-order valence-electron chi connectivity index (χ0n) is 11.6. The van der Waals surface area contributed by atoms with E-state index in [1.165, 1.54) is 7.05 Å². The van der Waals surface area contributed by atoms with Crippen molar-refractivity contribution in [2.75, 3.05) is 12.4 Å². The number of benzene rings is 1. The molecule has 0 aliphatic carbocycles. The van der Waals surface area contributed by atoms with Crippen LogP contribution in [-0.4, -0.2) is 20.4 Å². The van der Waals surface area contributed by atoms with Crippen LogP contribution in [0.1, 0.15) is 16.1 Å². The van der Waals surface area contributed by atoms with Crippen molar-refractivity contribution in [2.45, 2.75) is 25.3 Å². The van der Waals surface area contributed by atoms with Crippen LogP contribution in [0.3, 0.4) is 0 Å². The summed E-state index contributed by atoms with van der Waals surface area (Å²) < 4.78 is 25.9. The molecule has 0 unspecified atom stereocenters. The summed E-state index contributed by atoms with van der Waals surface area (Å²) in [5.41, 5.74) is 4.62. The van der Waals surface area contributed by atoms with Gasteiger partial charge in [0.25, 0.3) is 0 Å². The molecule has 2 rings (SSSR count). The molecule has 2 aromatic rings. The molecule has 0 spiro atoms. The fraction of sp³-hybridized carbons (Fsp3) is 0.308. The van der Waals surface area contributed by atoms with Gasteiger partial charge < -0.3 is 5.32 Å². The third-order valence-electron chi connectivity index (χ3n) is 3.07. The highest BCUT2D eigenvalue weighted by molar-refractivity contribution is 7.89. The van der Waals surface area contributed by atoms with Crippen molar-refractivity contribution in [3.05, 3.63) is 39.8 Å². The van der Waals surface area contributed by atoms with Gasteiger partial charge in [0.15, 0.2) is 0 Å². The fourth-order valence-corrected chi connectivity index (χ4v) is 3.22. The van der Waals surface area contributed by atoms with Crippen LogP contribution in [0.2, 0.25) is 0 Å². The van der Waals surface area contributed by atoms with E-state index in [1.54, 1.807) is 35.0 Å². The van der Waals surface area contributed by atoms with Gasteiger partial charge in [0, 0.05) is 10.6 Å². The molecule has 2 N–H and O–H groups in total. The van der Waals surface area contributed by atoms with Gasteiger partial charge >= 0.3 is 0 Å². The highest BCUT2D eigenvalue weighted by Crippen LogP contribution is 2.22. The van der Waals surface area contributed by atoms with Crippen molar-refractivity contribution in [3.8, 4) is 0 Å². The van der Waals surface area contributed by atoms with Gasteiger partial charge in [-0.05, 0) is 38.6 Å². The molecule has 7 heteroatoms. The molecule has 0 aliphatic heterocycles. The Morgan fingerprint density at radius 2 is 2.05 bits per heavy atom. The Morgan fingerprint density at radius 3 is 2.65 bits per heavy atom. The maximum absolute atomic E-state index is 11.8. The predicted octanol–water partition coefficient (Wildman–Crippen LogP) is 2.28. The van der Waals surface area contributed by atoms with Gasteiger partial charge in [-0.2, -0.15) is 0 Å². The maximum atomic E-state index is 11.8. The first kappa shape index (κ1) is 15.0. The number of aryl methyl sites for hydroxylation is 2. The van der Waals surface area contributed by atoms with E-state index in [2.05, 4.69) is 15.0 Å². The summed E-state index contributed by atoms with van der Waals surface area (Å²) >= 11 is 1.58. The summed E-state index contributed by atoms with van der Waals surface area (Å²) in [5.74, 6) is 0. The predicted molar refractivity (Wildman–Crippen MR) is 81.6 cm³/mol. The third-order valence-corrected chi connectivity index (χ3v) is 5.42. The van der Waals surface area contributed by atoms with Crippen molar-refractivity contribution >= 4 is 27.0 Å². The lowest BCUT2D eigenvalue weighted by molar-refractivity contribution is 0.588. The quantitative estimate of drug-likeness (QED) is 0.888. The Morgan fingerprint density at radius 1 is 1.30 bits per heavy atom. The average molecular weight is 311 g/mol. The third kappa shape index (κ3) is 3.17. The highest BCUT2D eigenvalue weighted by Gasteiger charge is 2.13. The van der Waals surface area contributed by atoms with Crippen molar-refractivity contribution in [1.29, 1.82) is 0 Å². The molecule has 5 nitrogen and oxygen atoms in total. The van der Waals surface area contributed by atoms with Crippen LogP contribution in [0.25, 0.3) is 0 Å². The lowest BCUT2D eigenvalue weighted by Crippen LogP contribution is -2.18. The van der Waals surface area contributed by atoms with Crippen LogP contribution in [0.15, 0.2) is 28.6 Å². The van der Waals surface area contributed by atoms with Crippen molar-refractivity contribution in [3.63, 3.8) is 0 Å². The minimum atomic E-state index is -3.42. The Labute approximate surface area is 123 Å². The standard InChI is InChI=1S/C13H17N3O2S2/c1-9-4-5-11(20(17,18)14-3)6-12(9)15-7-13-10(2)16-8-19-13/h4-6,8,14-15H,7H2,1-3H3. The first-order chi connectivity index (χ1) is 9.44. The number of hydrogen-bond donors (Lipinski definition) is 2. The van der Waals surface area contributed by atoms with Crippen LogP contribution >= 0.6 is 11.3 Å². The number of rotatable bonds is 5. The van der Waals surface area contributed by atoms with Crippen molar-refractivity contribution < 1.29 is 8.42 Å². The average Bonchev–Trinajstić information content (AvgIpc) is 2.83. The molecule has 20 heavy (non-hydrogen) atoms. The van der Waals surface area contributed by atoms with Gasteiger partial charge in [0.1, 0.15) is 0 Å². The summed E-state index contributed by atoms with van der Waals surface area (Å²) in [5, 5.41) is 3.27. The Bertz CT molecular complexity index is 708. The number of nitrogens with zero attached hydrogens (tertiary/aromatic N) is 1. The Kier molecular flexibility index (Phi) is 4.42. The number of hydrogen-bond acceptors (Lipinski definition) is 5. The van der Waals surface area contributed by atoms with Crippen LogP contribution in [0, 0.1) is 13.8 Å². The molecule has 0 saturated carbocycles. The SMILES string of the molecule is CNS(=O)(=O)c1ccc(C)c(NCc2scnc2C)c1. The van der Waals surface area contributed by atoms with E-state index in [0.717, 1.165) is 21.8 Å². The van der Waals surface area contributed by atoms with Gasteiger partial charge in [-0.15, -0.1) is 11.3 Å². The molecular formula is C13H17N3O2S2. The molecule has 1 heterocycles. The van der Waals surface area contributed by atoms with Gasteiger partial charge in [-0.3, -0.25) is 0 Å². The summed E-state index contributed by atoms with van der Waals surface area (Å²) in [7, 11) is -2.01. The molecule has 0 bridgehead atoms. The zero-order valence-corrected chi connectivity index (χ0v) is 13.2.